The fourth-order valence-electron chi connectivity index (χ4n) is 3.18. The molecule has 0 spiro atoms. The number of thioether (sulfide) groups is 1. The second-order valence-electron chi connectivity index (χ2n) is 6.56. The second kappa shape index (κ2) is 8.43. The number of nitrogens with two attached hydrogens (primary N) is 1. The number of carbonyl (C=O) groups is 2. The molecule has 1 saturated heterocycles. The number of nitrogens with one attached hydrogen (secondary N) is 1. The number of carbonyl (C=O) groups excluding carboxylic acids is 2. The van der Waals surface area contributed by atoms with E-state index in [-0.39, 0.29) is 11.7 Å². The lowest BCUT2D eigenvalue weighted by Gasteiger charge is -2.36. The molecule has 144 valence electrons. The van der Waals surface area contributed by atoms with Crippen molar-refractivity contribution in [1.29, 1.82) is 0 Å². The number of rotatable bonds is 6. The molecule has 0 saturated carbocycles. The molecule has 2 amide bonds. The average Bonchev–Trinajstić information content (AvgIpc) is 3.06. The normalized spacial score (nSPS) is 17.0. The highest BCUT2D eigenvalue weighted by Gasteiger charge is 2.23. The van der Waals surface area contributed by atoms with Crippen LogP contribution in [0.1, 0.15) is 42.4 Å². The van der Waals surface area contributed by atoms with Gasteiger partial charge in [-0.1, -0.05) is 11.8 Å². The van der Waals surface area contributed by atoms with Gasteiger partial charge in [0.2, 0.25) is 11.8 Å². The van der Waals surface area contributed by atoms with E-state index in [0.29, 0.717) is 28.4 Å². The highest BCUT2D eigenvalue weighted by atomic mass is 32.2. The largest absolute Gasteiger partial charge is 0.416 e. The molecule has 1 atom stereocenters. The van der Waals surface area contributed by atoms with Gasteiger partial charge in [0, 0.05) is 30.9 Å². The molecule has 2 aromatic rings. The van der Waals surface area contributed by atoms with Gasteiger partial charge in [-0.2, -0.15) is 0 Å². The van der Waals surface area contributed by atoms with E-state index in [1.165, 1.54) is 6.42 Å². The highest BCUT2D eigenvalue weighted by molar-refractivity contribution is 7.99. The fourth-order valence-corrected chi connectivity index (χ4v) is 3.78. The Labute approximate surface area is 161 Å². The summed E-state index contributed by atoms with van der Waals surface area (Å²) in [5.74, 6) is -0.162. The van der Waals surface area contributed by atoms with E-state index < -0.39 is 5.91 Å². The van der Waals surface area contributed by atoms with E-state index in [1.807, 2.05) is 6.07 Å². The van der Waals surface area contributed by atoms with Crippen LogP contribution in [0.2, 0.25) is 0 Å². The predicted molar refractivity (Wildman–Crippen MR) is 104 cm³/mol. The molecule has 3 rings (SSSR count). The first-order valence-electron chi connectivity index (χ1n) is 8.87. The summed E-state index contributed by atoms with van der Waals surface area (Å²) in [4.78, 5) is 26.3. The summed E-state index contributed by atoms with van der Waals surface area (Å²) in [6.45, 7) is 4.73. The van der Waals surface area contributed by atoms with Crippen LogP contribution in [0.4, 0.5) is 11.4 Å². The summed E-state index contributed by atoms with van der Waals surface area (Å²) in [6, 6.07) is 5.64. The van der Waals surface area contributed by atoms with Crippen LogP contribution in [0.25, 0.3) is 0 Å². The maximum absolute atomic E-state index is 12.2. The number of hydrogen-bond donors (Lipinski definition) is 2. The summed E-state index contributed by atoms with van der Waals surface area (Å²) < 4.78 is 5.22. The molecular weight excluding hydrogens is 366 g/mol. The molecule has 1 aliphatic heterocycles. The summed E-state index contributed by atoms with van der Waals surface area (Å²) in [6.07, 6.45) is 3.37. The lowest BCUT2D eigenvalue weighted by atomic mass is 10.0. The Bertz CT molecular complexity index is 838. The number of aromatic nitrogens is 2. The molecule has 1 aromatic carbocycles. The third-order valence-electron chi connectivity index (χ3n) is 4.49. The van der Waals surface area contributed by atoms with Gasteiger partial charge < -0.3 is 20.4 Å². The minimum absolute atomic E-state index is 0.123. The van der Waals surface area contributed by atoms with Gasteiger partial charge in [0.15, 0.2) is 0 Å². The van der Waals surface area contributed by atoms with Crippen molar-refractivity contribution < 1.29 is 14.0 Å². The average molecular weight is 389 g/mol. The van der Waals surface area contributed by atoms with E-state index >= 15 is 0 Å². The van der Waals surface area contributed by atoms with Gasteiger partial charge in [0.25, 0.3) is 11.1 Å². The lowest BCUT2D eigenvalue weighted by Crippen LogP contribution is -2.38. The molecule has 0 radical (unpaired) electrons. The molecular formula is C18H23N5O3S. The molecule has 1 unspecified atom stereocenters. The minimum Gasteiger partial charge on any atom is -0.416 e. The van der Waals surface area contributed by atoms with Gasteiger partial charge in [-0.15, -0.1) is 10.2 Å². The maximum atomic E-state index is 12.2. The molecule has 27 heavy (non-hydrogen) atoms. The summed E-state index contributed by atoms with van der Waals surface area (Å²) in [7, 11) is 0. The number of piperidine rings is 1. The molecule has 3 N–H and O–H groups in total. The van der Waals surface area contributed by atoms with E-state index in [0.717, 1.165) is 36.8 Å². The quantitative estimate of drug-likeness (QED) is 0.730. The van der Waals surface area contributed by atoms with Gasteiger partial charge >= 0.3 is 0 Å². The summed E-state index contributed by atoms with van der Waals surface area (Å²) in [5.41, 5.74) is 7.37. The predicted octanol–water partition coefficient (Wildman–Crippen LogP) is 2.59. The Kier molecular flexibility index (Phi) is 6.00. The summed E-state index contributed by atoms with van der Waals surface area (Å²) >= 11 is 1.15. The van der Waals surface area contributed by atoms with Gasteiger partial charge in [-0.3, -0.25) is 9.59 Å². The first-order chi connectivity index (χ1) is 12.9. The van der Waals surface area contributed by atoms with Crippen LogP contribution >= 0.6 is 11.8 Å². The number of aryl methyl sites for hydroxylation is 1. The minimum atomic E-state index is -0.505. The topological polar surface area (TPSA) is 114 Å². The number of benzene rings is 1. The molecule has 0 aliphatic carbocycles. The second-order valence-corrected chi connectivity index (χ2v) is 7.48. The van der Waals surface area contributed by atoms with E-state index in [2.05, 4.69) is 27.3 Å². The first-order valence-corrected chi connectivity index (χ1v) is 9.86. The molecule has 2 heterocycles. The maximum Gasteiger partial charge on any atom is 0.277 e. The Hall–Kier alpha value is -2.55. The molecule has 1 aromatic heterocycles. The van der Waals surface area contributed by atoms with Crippen LogP contribution in [0.5, 0.6) is 0 Å². The Morgan fingerprint density at radius 3 is 2.85 bits per heavy atom. The van der Waals surface area contributed by atoms with E-state index in [4.69, 9.17) is 10.2 Å². The zero-order valence-corrected chi connectivity index (χ0v) is 16.2. The van der Waals surface area contributed by atoms with Crippen LogP contribution in [-0.2, 0) is 4.79 Å². The standard InChI is InChI=1S/C18H23N5O3S/c1-11-5-3-4-8-23(11)15-7-6-13(9-14(15)17(19)25)20-16(24)10-27-18-22-21-12(2)26-18/h6-7,9,11H,3-5,8,10H2,1-2H3,(H2,19,25)(H,20,24). The first kappa shape index (κ1) is 19.2. The van der Waals surface area contributed by atoms with Crippen molar-refractivity contribution in [3.8, 4) is 0 Å². The van der Waals surface area contributed by atoms with Gasteiger partial charge in [-0.05, 0) is 44.4 Å². The van der Waals surface area contributed by atoms with Crippen molar-refractivity contribution in [2.75, 3.05) is 22.5 Å². The van der Waals surface area contributed by atoms with Crippen LogP contribution in [0.3, 0.4) is 0 Å². The number of anilines is 2. The molecule has 8 nitrogen and oxygen atoms in total. The van der Waals surface area contributed by atoms with Crippen molar-refractivity contribution in [2.45, 2.75) is 44.4 Å². The third kappa shape index (κ3) is 4.79. The van der Waals surface area contributed by atoms with Crippen molar-refractivity contribution in [3.63, 3.8) is 0 Å². The third-order valence-corrected chi connectivity index (χ3v) is 5.31. The van der Waals surface area contributed by atoms with Crippen LogP contribution in [-0.4, -0.2) is 40.4 Å². The Morgan fingerprint density at radius 1 is 1.37 bits per heavy atom. The van der Waals surface area contributed by atoms with Gasteiger partial charge in [0.1, 0.15) is 0 Å². The number of hydrogen-bond acceptors (Lipinski definition) is 7. The SMILES string of the molecule is Cc1nnc(SCC(=O)Nc2ccc(N3CCCCC3C)c(C(N)=O)c2)o1. The monoisotopic (exact) mass is 389 g/mol. The molecule has 0 bridgehead atoms. The summed E-state index contributed by atoms with van der Waals surface area (Å²) in [5, 5.41) is 10.7. The zero-order valence-electron chi connectivity index (χ0n) is 15.4. The number of primary amides is 1. The van der Waals surface area contributed by atoms with Crippen molar-refractivity contribution in [3.05, 3.63) is 29.7 Å². The van der Waals surface area contributed by atoms with Crippen LogP contribution < -0.4 is 16.0 Å². The molecule has 1 aliphatic rings. The molecule has 9 heteroatoms. The van der Waals surface area contributed by atoms with Crippen molar-refractivity contribution in [1.82, 2.24) is 10.2 Å². The zero-order chi connectivity index (χ0) is 19.4. The van der Waals surface area contributed by atoms with Crippen molar-refractivity contribution >= 4 is 35.0 Å². The Balaban J connectivity index is 1.69. The van der Waals surface area contributed by atoms with Crippen molar-refractivity contribution in [2.24, 2.45) is 5.73 Å². The van der Waals surface area contributed by atoms with E-state index in [1.54, 1.807) is 19.1 Å². The van der Waals surface area contributed by atoms with Crippen LogP contribution in [0.15, 0.2) is 27.8 Å². The number of amides is 2. The number of nitrogens with zero attached hydrogens (tertiary/aromatic N) is 3. The van der Waals surface area contributed by atoms with Crippen LogP contribution in [0, 0.1) is 6.92 Å². The van der Waals surface area contributed by atoms with Gasteiger partial charge in [-0.25, -0.2) is 0 Å². The Morgan fingerprint density at radius 2 is 2.19 bits per heavy atom. The fraction of sp³-hybridized carbons (Fsp3) is 0.444. The highest BCUT2D eigenvalue weighted by Crippen LogP contribution is 2.30. The molecule has 1 fully saturated rings. The lowest BCUT2D eigenvalue weighted by molar-refractivity contribution is -0.113. The van der Waals surface area contributed by atoms with Gasteiger partial charge in [0.05, 0.1) is 11.3 Å². The van der Waals surface area contributed by atoms with E-state index in [9.17, 15) is 9.59 Å². The smallest absolute Gasteiger partial charge is 0.277 e.